The molecule has 3 saturated carbocycles. The van der Waals surface area contributed by atoms with E-state index >= 15 is 4.79 Å². The number of nitrogens with two attached hydrogens (primary N) is 2. The average molecular weight is 1330 g/mol. The summed E-state index contributed by atoms with van der Waals surface area (Å²) >= 11 is 0. The minimum atomic E-state index is -0.885. The van der Waals surface area contributed by atoms with Gasteiger partial charge in [0.25, 0.3) is 0 Å². The van der Waals surface area contributed by atoms with Crippen LogP contribution in [0.3, 0.4) is 0 Å². The first kappa shape index (κ1) is 63.4. The largest absolute Gasteiger partial charge is 0.508 e. The van der Waals surface area contributed by atoms with Gasteiger partial charge in [0.2, 0.25) is 5.75 Å². The molecule has 8 aromatic carbocycles. The molecule has 1 spiro atoms. The van der Waals surface area contributed by atoms with Gasteiger partial charge in [-0.3, -0.25) is 4.79 Å². The first-order valence-corrected chi connectivity index (χ1v) is 35.8. The Hall–Kier alpha value is -10.0. The van der Waals surface area contributed by atoms with Crippen LogP contribution in [0.25, 0.3) is 67.1 Å². The van der Waals surface area contributed by atoms with Crippen molar-refractivity contribution in [3.63, 3.8) is 0 Å². The van der Waals surface area contributed by atoms with Crippen molar-refractivity contribution in [2.24, 2.45) is 52.0 Å². The van der Waals surface area contributed by atoms with Gasteiger partial charge >= 0.3 is 0 Å². The smallest absolute Gasteiger partial charge is 0.204 e. The molecule has 8 aliphatic rings. The van der Waals surface area contributed by atoms with Crippen LogP contribution < -0.4 is 41.3 Å². The minimum absolute atomic E-state index is 0.00779. The van der Waals surface area contributed by atoms with Crippen molar-refractivity contribution in [3.8, 4) is 57.3 Å². The van der Waals surface area contributed by atoms with Crippen molar-refractivity contribution in [2.45, 2.75) is 93.6 Å². The Morgan fingerprint density at radius 2 is 1.69 bits per heavy atom. The van der Waals surface area contributed by atoms with Crippen molar-refractivity contribution in [1.29, 1.82) is 0 Å². The molecule has 14 nitrogen and oxygen atoms in total. The number of piperazine rings is 1. The van der Waals surface area contributed by atoms with Gasteiger partial charge in [-0.05, 0) is 184 Å². The number of phenolic OH excluding ortho intramolecular Hbond substituents is 1. The van der Waals surface area contributed by atoms with Crippen molar-refractivity contribution in [1.82, 2.24) is 10.3 Å². The standard InChI is InChI=1S/C86H84N6O8/c1-85-61-25-19-53(70(85)34-27-61)24-33-71-65-32-23-55-17-18-59-41-56-12-6-7-13-57(56)42-67(59)77(55)69(65)46-86(71)62-26-20-60(72(43-62)90-84(87)88)40-52(48-93)49-99-80-66(31-16-51-11-8-14-58(39-51)68-44-75(85)91-83(68)92-37-36-89-47-76(86)92)79-78(73(96)45-74(100-79)54-21-29-63(94)30-22-54)81(82(80)97-2)98-38-35-64(95)28-15-50-9-4-3-5-10-50/h3-15,17-18,20-23,26,28-30,32,39,41-45,52-53,61,64-65,69-71,76,89,91,93-95H,16,19,25,27,31,34-38,40,46-49H2,1-2H3,(H4,87,88,90). The summed E-state index contributed by atoms with van der Waals surface area (Å²) in [6.07, 6.45) is 14.2. The molecule has 4 aliphatic carbocycles. The lowest BCUT2D eigenvalue weighted by atomic mass is 9.60. The maximum atomic E-state index is 15.1. The van der Waals surface area contributed by atoms with E-state index in [2.05, 4.69) is 143 Å². The Morgan fingerprint density at radius 1 is 0.860 bits per heavy atom. The summed E-state index contributed by atoms with van der Waals surface area (Å²) in [5.41, 5.74) is 24.1. The number of aromatic amines is 1. The summed E-state index contributed by atoms with van der Waals surface area (Å²) in [7, 11) is 1.53. The first-order chi connectivity index (χ1) is 48.8. The molecule has 1 saturated heterocycles. The van der Waals surface area contributed by atoms with Crippen LogP contribution in [0.2, 0.25) is 0 Å². The molecule has 14 heteroatoms. The summed E-state index contributed by atoms with van der Waals surface area (Å²) in [6, 6.07) is 53.9. The van der Waals surface area contributed by atoms with Crippen LogP contribution in [0.4, 0.5) is 11.5 Å². The summed E-state index contributed by atoms with van der Waals surface area (Å²) in [4.78, 5) is 27.3. The second-order valence-corrected chi connectivity index (χ2v) is 29.3. The highest BCUT2D eigenvalue weighted by Crippen LogP contribution is 2.64. The highest BCUT2D eigenvalue weighted by Gasteiger charge is 2.61. The second kappa shape index (κ2) is 25.6. The average Bonchev–Trinajstić information content (AvgIpc) is 1.52. The third-order valence-corrected chi connectivity index (χ3v) is 23.9. The second-order valence-electron chi connectivity index (χ2n) is 29.3. The molecule has 10 aromatic rings. The van der Waals surface area contributed by atoms with Gasteiger partial charge in [0.05, 0.1) is 38.2 Å². The van der Waals surface area contributed by atoms with Gasteiger partial charge in [-0.25, -0.2) is 4.99 Å². The van der Waals surface area contributed by atoms with E-state index in [1.165, 1.54) is 51.5 Å². The van der Waals surface area contributed by atoms with E-state index in [0.29, 0.717) is 60.2 Å². The lowest BCUT2D eigenvalue weighted by molar-refractivity contribution is 0.152. The van der Waals surface area contributed by atoms with E-state index in [1.54, 1.807) is 30.3 Å². The number of aromatic hydroxyl groups is 1. The number of guanidine groups is 1. The number of ether oxygens (including phenoxy) is 3. The van der Waals surface area contributed by atoms with E-state index in [9.17, 15) is 15.3 Å². The molecule has 18 rings (SSSR count). The van der Waals surface area contributed by atoms with E-state index in [-0.39, 0.29) is 107 Å². The van der Waals surface area contributed by atoms with Crippen LogP contribution in [0, 0.1) is 47.3 Å². The van der Waals surface area contributed by atoms with Crippen LogP contribution >= 0.6 is 0 Å². The van der Waals surface area contributed by atoms with E-state index in [4.69, 9.17) is 35.1 Å². The van der Waals surface area contributed by atoms with Crippen LogP contribution in [-0.2, 0) is 30.1 Å². The number of aliphatic imine (C=N–C) groups is 1. The highest BCUT2D eigenvalue weighted by atomic mass is 16.5. The van der Waals surface area contributed by atoms with E-state index in [1.807, 2.05) is 36.4 Å². The molecule has 6 heterocycles. The molecule has 11 bridgehead atoms. The molecule has 4 aliphatic heterocycles. The van der Waals surface area contributed by atoms with Crippen molar-refractivity contribution < 1.29 is 33.9 Å². The van der Waals surface area contributed by atoms with Crippen LogP contribution in [0.5, 0.6) is 23.0 Å². The number of aryl methyl sites for hydroxylation is 2. The number of hydrogen-bond donors (Lipinski definition) is 7. The predicted octanol–water partition coefficient (Wildman–Crippen LogP) is 14.4. The highest BCUT2D eigenvalue weighted by molar-refractivity contribution is 6.01. The molecule has 11 atom stereocenters. The zero-order valence-corrected chi connectivity index (χ0v) is 56.6. The molecule has 9 N–H and O–H groups in total. The number of phenols is 1. The van der Waals surface area contributed by atoms with E-state index in [0.717, 1.165) is 84.4 Å². The minimum Gasteiger partial charge on any atom is -0.508 e. The molecular formula is C86H84N6O8. The number of fused-ring (bicyclic) bond motifs is 15. The number of nitrogens with one attached hydrogen (secondary N) is 2. The molecule has 2 aromatic heterocycles. The van der Waals surface area contributed by atoms with Crippen molar-refractivity contribution in [2.75, 3.05) is 51.5 Å². The van der Waals surface area contributed by atoms with Crippen molar-refractivity contribution >= 4 is 62.1 Å². The topological polar surface area (TPSA) is 214 Å². The molecule has 0 amide bonds. The molecule has 506 valence electrons. The quantitative estimate of drug-likeness (QED) is 0.0295. The van der Waals surface area contributed by atoms with Gasteiger partial charge in [0, 0.05) is 89.7 Å². The number of aliphatic hydroxyl groups is 2. The normalized spacial score (nSPS) is 25.2. The number of H-pyrrole nitrogens is 1. The zero-order chi connectivity index (χ0) is 68.0. The predicted molar refractivity (Wildman–Crippen MR) is 398 cm³/mol. The summed E-state index contributed by atoms with van der Waals surface area (Å²) < 4.78 is 27.3. The Kier molecular flexibility index (Phi) is 16.2. The van der Waals surface area contributed by atoms with Crippen molar-refractivity contribution in [3.05, 3.63) is 225 Å². The number of rotatable bonds is 10. The van der Waals surface area contributed by atoms with E-state index < -0.39 is 17.4 Å². The summed E-state index contributed by atoms with van der Waals surface area (Å²) in [5, 5.41) is 42.6. The number of allylic oxidation sites excluding steroid dienone is 1. The molecule has 0 radical (unpaired) electrons. The van der Waals surface area contributed by atoms with Gasteiger partial charge < -0.3 is 60.6 Å². The number of aromatic nitrogens is 1. The van der Waals surface area contributed by atoms with Gasteiger partial charge in [-0.1, -0.05) is 146 Å². The number of aliphatic hydroxyl groups excluding tert-OH is 2. The SMILES string of the molecule is COc1c2c(c3oc(-c4ccc(O)cc4)cc(=O)c3c1OCCC(O)C=Cc1ccccc1)CCc1cccc(c1)-c1cc3[nH]c1N1CCNCC1C1(CC4c5c(ccc6cc7ccccc7cc56)C=CC4C1C#CC1CCC4CCC1C34C)c1ccc(c(N=C(N)N)c1)CC(CO)CO2. The lowest BCUT2D eigenvalue weighted by Crippen LogP contribution is -2.62. The fourth-order valence-corrected chi connectivity index (χ4v) is 19.1. The fraction of sp³-hybridized carbons (Fsp3) is 0.326. The number of methoxy groups -OCH3 is 1. The molecule has 4 fully saturated rings. The summed E-state index contributed by atoms with van der Waals surface area (Å²) in [6.45, 7) is 4.45. The maximum absolute atomic E-state index is 15.1. The number of hydrogen-bond acceptors (Lipinski definition) is 11. The van der Waals surface area contributed by atoms with Crippen LogP contribution in [0.1, 0.15) is 96.0 Å². The van der Waals surface area contributed by atoms with Crippen LogP contribution in [-0.4, -0.2) is 85.0 Å². The third kappa shape index (κ3) is 10.8. The number of nitrogens with zero attached hydrogens (tertiary/aromatic N) is 2. The lowest BCUT2D eigenvalue weighted by Gasteiger charge is -2.51. The van der Waals surface area contributed by atoms with Gasteiger partial charge in [-0.2, -0.15) is 0 Å². The van der Waals surface area contributed by atoms with Gasteiger partial charge in [-0.15, -0.1) is 0 Å². The van der Waals surface area contributed by atoms with Gasteiger partial charge in [0.1, 0.15) is 28.3 Å². The number of benzene rings is 8. The summed E-state index contributed by atoms with van der Waals surface area (Å²) in [5.74, 6) is 11.1. The monoisotopic (exact) mass is 1330 g/mol. The van der Waals surface area contributed by atoms with Gasteiger partial charge in [0.15, 0.2) is 22.9 Å². The third-order valence-electron chi connectivity index (χ3n) is 23.9. The Balaban J connectivity index is 0.873. The number of anilines is 1. The van der Waals surface area contributed by atoms with Crippen LogP contribution in [0.15, 0.2) is 184 Å². The first-order valence-electron chi connectivity index (χ1n) is 35.8. The molecular weight excluding hydrogens is 1240 g/mol. The fourth-order valence-electron chi connectivity index (χ4n) is 19.1. The molecule has 11 unspecified atom stereocenters. The Bertz CT molecular complexity index is 5080. The Morgan fingerprint density at radius 3 is 2.52 bits per heavy atom. The zero-order valence-electron chi connectivity index (χ0n) is 56.6. The maximum Gasteiger partial charge on any atom is 0.204 e. The molecule has 100 heavy (non-hydrogen) atoms. The Labute approximate surface area is 582 Å².